The molecule has 0 unspecified atom stereocenters. The fourth-order valence-electron chi connectivity index (χ4n) is 2.86. The first-order chi connectivity index (χ1) is 14.0. The molecule has 0 amide bonds. The van der Waals surface area contributed by atoms with Crippen LogP contribution in [0.1, 0.15) is 21.6 Å². The third-order valence-corrected chi connectivity index (χ3v) is 4.61. The summed E-state index contributed by atoms with van der Waals surface area (Å²) in [7, 11) is 4.46. The standard InChI is InChI=1S/C21H21ClN2O5/c1-13-9-19(24(23-13)12-14-7-5-6-8-16(14)22)29-21(25)15-10-17(26-2)20(28-4)18(11-15)27-3/h5-11H,12H2,1-4H3. The number of halogens is 1. The van der Waals surface area contributed by atoms with E-state index in [4.69, 9.17) is 30.5 Å². The van der Waals surface area contributed by atoms with Crippen LogP contribution in [-0.4, -0.2) is 37.1 Å². The number of methoxy groups -OCH3 is 3. The van der Waals surface area contributed by atoms with Crippen LogP contribution in [0.2, 0.25) is 5.02 Å². The molecule has 2 aromatic carbocycles. The van der Waals surface area contributed by atoms with E-state index < -0.39 is 5.97 Å². The summed E-state index contributed by atoms with van der Waals surface area (Å²) in [5.41, 5.74) is 1.83. The molecule has 0 saturated heterocycles. The molecule has 8 heteroatoms. The molecule has 0 atom stereocenters. The van der Waals surface area contributed by atoms with Gasteiger partial charge in [0.15, 0.2) is 11.5 Å². The summed E-state index contributed by atoms with van der Waals surface area (Å²) in [6, 6.07) is 12.2. The minimum Gasteiger partial charge on any atom is -0.493 e. The predicted octanol–water partition coefficient (Wildman–Crippen LogP) is 4.14. The molecule has 0 radical (unpaired) electrons. The van der Waals surface area contributed by atoms with Gasteiger partial charge in [0.05, 0.1) is 39.1 Å². The van der Waals surface area contributed by atoms with Gasteiger partial charge in [0.25, 0.3) is 0 Å². The first kappa shape index (κ1) is 20.5. The van der Waals surface area contributed by atoms with Gasteiger partial charge in [0.1, 0.15) is 0 Å². The summed E-state index contributed by atoms with van der Waals surface area (Å²) in [6.45, 7) is 2.19. The Morgan fingerprint density at radius 1 is 1.03 bits per heavy atom. The Kier molecular flexibility index (Phi) is 6.29. The van der Waals surface area contributed by atoms with Gasteiger partial charge in [0, 0.05) is 11.1 Å². The summed E-state index contributed by atoms with van der Waals surface area (Å²) < 4.78 is 23.1. The Balaban J connectivity index is 1.89. The zero-order valence-corrected chi connectivity index (χ0v) is 17.3. The van der Waals surface area contributed by atoms with Gasteiger partial charge in [-0.25, -0.2) is 9.48 Å². The number of hydrogen-bond donors (Lipinski definition) is 0. The monoisotopic (exact) mass is 416 g/mol. The fourth-order valence-corrected chi connectivity index (χ4v) is 3.05. The van der Waals surface area contributed by atoms with E-state index in [1.165, 1.54) is 33.5 Å². The molecule has 1 aromatic heterocycles. The van der Waals surface area contributed by atoms with Crippen LogP contribution < -0.4 is 18.9 Å². The first-order valence-corrected chi connectivity index (χ1v) is 9.14. The quantitative estimate of drug-likeness (QED) is 0.539. The van der Waals surface area contributed by atoms with Crippen molar-refractivity contribution in [3.8, 4) is 23.1 Å². The average Bonchev–Trinajstić information content (AvgIpc) is 3.06. The van der Waals surface area contributed by atoms with Crippen molar-refractivity contribution in [3.63, 3.8) is 0 Å². The van der Waals surface area contributed by atoms with Crippen molar-refractivity contribution in [2.24, 2.45) is 0 Å². The van der Waals surface area contributed by atoms with Gasteiger partial charge in [-0.05, 0) is 30.7 Å². The highest BCUT2D eigenvalue weighted by molar-refractivity contribution is 6.31. The molecule has 0 spiro atoms. The van der Waals surface area contributed by atoms with Crippen molar-refractivity contribution in [2.75, 3.05) is 21.3 Å². The maximum absolute atomic E-state index is 12.8. The number of rotatable bonds is 7. The Bertz CT molecular complexity index is 1010. The molecular weight excluding hydrogens is 396 g/mol. The minimum atomic E-state index is -0.579. The molecular formula is C21H21ClN2O5. The Labute approximate surface area is 173 Å². The molecule has 0 saturated carbocycles. The van der Waals surface area contributed by atoms with Crippen LogP contribution in [-0.2, 0) is 6.54 Å². The highest BCUT2D eigenvalue weighted by atomic mass is 35.5. The zero-order chi connectivity index (χ0) is 21.0. The highest BCUT2D eigenvalue weighted by Gasteiger charge is 2.20. The third-order valence-electron chi connectivity index (χ3n) is 4.24. The van der Waals surface area contributed by atoms with Gasteiger partial charge in [-0.1, -0.05) is 29.8 Å². The van der Waals surface area contributed by atoms with Crippen LogP contribution in [0.3, 0.4) is 0 Å². The maximum atomic E-state index is 12.8. The van der Waals surface area contributed by atoms with E-state index in [1.807, 2.05) is 25.1 Å². The van der Waals surface area contributed by atoms with E-state index in [9.17, 15) is 4.79 Å². The van der Waals surface area contributed by atoms with E-state index in [-0.39, 0.29) is 5.56 Å². The molecule has 0 aliphatic heterocycles. The smallest absolute Gasteiger partial charge is 0.345 e. The minimum absolute atomic E-state index is 0.252. The van der Waals surface area contributed by atoms with Gasteiger partial charge < -0.3 is 18.9 Å². The van der Waals surface area contributed by atoms with E-state index in [0.717, 1.165) is 5.56 Å². The number of nitrogens with zero attached hydrogens (tertiary/aromatic N) is 2. The number of aryl methyl sites for hydroxylation is 1. The van der Waals surface area contributed by atoms with Crippen LogP contribution in [0.4, 0.5) is 0 Å². The van der Waals surface area contributed by atoms with E-state index in [1.54, 1.807) is 16.8 Å². The van der Waals surface area contributed by atoms with Crippen molar-refractivity contribution >= 4 is 17.6 Å². The second-order valence-corrected chi connectivity index (χ2v) is 6.58. The molecule has 0 N–H and O–H groups in total. The number of benzene rings is 2. The summed E-state index contributed by atoms with van der Waals surface area (Å²) in [5.74, 6) is 0.844. The van der Waals surface area contributed by atoms with Gasteiger partial charge >= 0.3 is 5.97 Å². The van der Waals surface area contributed by atoms with Crippen molar-refractivity contribution < 1.29 is 23.7 Å². The number of hydrogen-bond acceptors (Lipinski definition) is 6. The summed E-state index contributed by atoms with van der Waals surface area (Å²) >= 11 is 6.24. The summed E-state index contributed by atoms with van der Waals surface area (Å²) in [4.78, 5) is 12.8. The maximum Gasteiger partial charge on any atom is 0.345 e. The Morgan fingerprint density at radius 2 is 1.69 bits per heavy atom. The van der Waals surface area contributed by atoms with Crippen LogP contribution in [0.5, 0.6) is 23.1 Å². The molecule has 3 aromatic rings. The number of esters is 1. The normalized spacial score (nSPS) is 10.5. The second-order valence-electron chi connectivity index (χ2n) is 6.18. The number of aromatic nitrogens is 2. The topological polar surface area (TPSA) is 71.8 Å². The van der Waals surface area contributed by atoms with Gasteiger partial charge in [-0.3, -0.25) is 0 Å². The molecule has 0 aliphatic rings. The van der Waals surface area contributed by atoms with Crippen molar-refractivity contribution in [2.45, 2.75) is 13.5 Å². The average molecular weight is 417 g/mol. The third kappa shape index (κ3) is 4.46. The highest BCUT2D eigenvalue weighted by Crippen LogP contribution is 2.38. The van der Waals surface area contributed by atoms with Gasteiger partial charge in [0.2, 0.25) is 11.6 Å². The van der Waals surface area contributed by atoms with E-state index in [2.05, 4.69) is 5.10 Å². The Morgan fingerprint density at radius 3 is 2.28 bits per heavy atom. The molecule has 3 rings (SSSR count). The molecule has 1 heterocycles. The molecule has 0 aliphatic carbocycles. The van der Waals surface area contributed by atoms with Crippen LogP contribution >= 0.6 is 11.6 Å². The molecule has 29 heavy (non-hydrogen) atoms. The molecule has 0 fully saturated rings. The van der Waals surface area contributed by atoms with E-state index >= 15 is 0 Å². The lowest BCUT2D eigenvalue weighted by atomic mass is 10.2. The van der Waals surface area contributed by atoms with Crippen molar-refractivity contribution in [1.82, 2.24) is 9.78 Å². The summed E-state index contributed by atoms with van der Waals surface area (Å²) in [6.07, 6.45) is 0. The van der Waals surface area contributed by atoms with Crippen LogP contribution in [0.15, 0.2) is 42.5 Å². The fraction of sp³-hybridized carbons (Fsp3) is 0.238. The first-order valence-electron chi connectivity index (χ1n) is 8.76. The van der Waals surface area contributed by atoms with Crippen molar-refractivity contribution in [3.05, 3.63) is 64.3 Å². The number of carbonyl (C=O) groups excluding carboxylic acids is 1. The summed E-state index contributed by atoms with van der Waals surface area (Å²) in [5, 5.41) is 5.01. The lowest BCUT2D eigenvalue weighted by molar-refractivity contribution is 0.0718. The van der Waals surface area contributed by atoms with Crippen LogP contribution in [0.25, 0.3) is 0 Å². The molecule has 152 valence electrons. The number of ether oxygens (including phenoxy) is 4. The molecule has 7 nitrogen and oxygen atoms in total. The zero-order valence-electron chi connectivity index (χ0n) is 16.6. The SMILES string of the molecule is COc1cc(C(=O)Oc2cc(C)nn2Cc2ccccc2Cl)cc(OC)c1OC. The lowest BCUT2D eigenvalue weighted by Gasteiger charge is -2.14. The Hall–Kier alpha value is -3.19. The van der Waals surface area contributed by atoms with E-state index in [0.29, 0.717) is 40.4 Å². The number of carbonyl (C=O) groups is 1. The van der Waals surface area contributed by atoms with Gasteiger partial charge in [-0.15, -0.1) is 0 Å². The molecule has 0 bridgehead atoms. The lowest BCUT2D eigenvalue weighted by Crippen LogP contribution is -2.13. The largest absolute Gasteiger partial charge is 0.493 e. The van der Waals surface area contributed by atoms with Crippen molar-refractivity contribution in [1.29, 1.82) is 0 Å². The van der Waals surface area contributed by atoms with Crippen LogP contribution in [0, 0.1) is 6.92 Å². The second kappa shape index (κ2) is 8.87. The predicted molar refractivity (Wildman–Crippen MR) is 109 cm³/mol. The van der Waals surface area contributed by atoms with Gasteiger partial charge in [-0.2, -0.15) is 5.10 Å².